The third-order valence-corrected chi connectivity index (χ3v) is 4.79. The number of piperazine rings is 1. The van der Waals surface area contributed by atoms with Crippen LogP contribution in [0.3, 0.4) is 0 Å². The second-order valence-electron chi connectivity index (χ2n) is 5.33. The summed E-state index contributed by atoms with van der Waals surface area (Å²) in [4.78, 5) is 2.56. The molecule has 5 heteroatoms. The average molecular weight is 357 g/mol. The van der Waals surface area contributed by atoms with Crippen molar-refractivity contribution in [2.75, 3.05) is 40.4 Å². The summed E-state index contributed by atoms with van der Waals surface area (Å²) in [5, 5.41) is 3.42. The number of hydrogen-bond donors (Lipinski definition) is 1. The zero-order valence-electron chi connectivity index (χ0n) is 13.1. The van der Waals surface area contributed by atoms with Gasteiger partial charge in [-0.25, -0.2) is 0 Å². The minimum absolute atomic E-state index is 0.424. The number of benzene rings is 1. The maximum Gasteiger partial charge on any atom is 0.137 e. The van der Waals surface area contributed by atoms with Gasteiger partial charge in [0.25, 0.3) is 0 Å². The predicted octanol–water partition coefficient (Wildman–Crippen LogP) is 3.21. The van der Waals surface area contributed by atoms with Crippen LogP contribution in [0.25, 0.3) is 0 Å². The van der Waals surface area contributed by atoms with E-state index in [1.54, 1.807) is 14.2 Å². The predicted molar refractivity (Wildman–Crippen MR) is 89.3 cm³/mol. The highest BCUT2D eigenvalue weighted by atomic mass is 79.9. The van der Waals surface area contributed by atoms with E-state index in [2.05, 4.69) is 45.2 Å². The van der Waals surface area contributed by atoms with E-state index in [1.807, 2.05) is 0 Å². The fraction of sp³-hybridized carbons (Fsp3) is 0.625. The quantitative estimate of drug-likeness (QED) is 0.848. The third kappa shape index (κ3) is 3.90. The third-order valence-electron chi connectivity index (χ3n) is 4.01. The summed E-state index contributed by atoms with van der Waals surface area (Å²) in [5.41, 5.74) is 1.27. The average Bonchev–Trinajstić information content (AvgIpc) is 2.54. The number of ether oxygens (including phenoxy) is 2. The van der Waals surface area contributed by atoms with Crippen molar-refractivity contribution in [3.63, 3.8) is 0 Å². The number of nitrogens with zero attached hydrogens (tertiary/aromatic N) is 1. The molecule has 1 aromatic carbocycles. The van der Waals surface area contributed by atoms with Gasteiger partial charge in [0.05, 0.1) is 14.2 Å². The van der Waals surface area contributed by atoms with Gasteiger partial charge in [-0.3, -0.25) is 4.90 Å². The molecule has 1 saturated heterocycles. The van der Waals surface area contributed by atoms with Gasteiger partial charge in [-0.1, -0.05) is 13.3 Å². The first-order chi connectivity index (χ1) is 10.2. The first-order valence-electron chi connectivity index (χ1n) is 7.57. The first kappa shape index (κ1) is 16.6. The van der Waals surface area contributed by atoms with E-state index in [4.69, 9.17) is 9.47 Å². The van der Waals surface area contributed by atoms with E-state index in [0.717, 1.165) is 55.0 Å². The molecule has 0 amide bonds. The molecule has 0 unspecified atom stereocenters. The van der Waals surface area contributed by atoms with Gasteiger partial charge in [-0.2, -0.15) is 0 Å². The summed E-state index contributed by atoms with van der Waals surface area (Å²) >= 11 is 3.55. The van der Waals surface area contributed by atoms with Crippen LogP contribution in [0.15, 0.2) is 16.6 Å². The van der Waals surface area contributed by atoms with Gasteiger partial charge in [0.2, 0.25) is 0 Å². The van der Waals surface area contributed by atoms with Crippen LogP contribution < -0.4 is 14.8 Å². The van der Waals surface area contributed by atoms with Crippen LogP contribution in [0.2, 0.25) is 0 Å². The lowest BCUT2D eigenvalue weighted by Gasteiger charge is -2.35. The van der Waals surface area contributed by atoms with E-state index in [1.165, 1.54) is 5.56 Å². The zero-order chi connectivity index (χ0) is 15.2. The summed E-state index contributed by atoms with van der Waals surface area (Å²) in [7, 11) is 3.39. The van der Waals surface area contributed by atoms with E-state index in [9.17, 15) is 0 Å². The SMILES string of the molecule is CCC[C@H](c1cc(OC)c(Br)c(OC)c1)N1CCNCC1. The van der Waals surface area contributed by atoms with Gasteiger partial charge in [0.1, 0.15) is 16.0 Å². The Bertz CT molecular complexity index is 437. The smallest absolute Gasteiger partial charge is 0.137 e. The van der Waals surface area contributed by atoms with Crippen LogP contribution in [0.1, 0.15) is 31.4 Å². The standard InChI is InChI=1S/C16H25BrN2O2/c1-4-5-13(19-8-6-18-7-9-19)12-10-14(20-2)16(17)15(11-12)21-3/h10-11,13,18H,4-9H2,1-3H3/t13-/m1/s1. The maximum absolute atomic E-state index is 5.49. The Morgan fingerprint density at radius 2 is 1.76 bits per heavy atom. The Labute approximate surface area is 135 Å². The fourth-order valence-corrected chi connectivity index (χ4v) is 3.46. The zero-order valence-corrected chi connectivity index (χ0v) is 14.7. The molecular weight excluding hydrogens is 332 g/mol. The molecule has 0 bridgehead atoms. The van der Waals surface area contributed by atoms with Gasteiger partial charge >= 0.3 is 0 Å². The van der Waals surface area contributed by atoms with Crippen molar-refractivity contribution < 1.29 is 9.47 Å². The van der Waals surface area contributed by atoms with Crippen LogP contribution in [0.4, 0.5) is 0 Å². The van der Waals surface area contributed by atoms with Crippen molar-refractivity contribution in [2.24, 2.45) is 0 Å². The highest BCUT2D eigenvalue weighted by Gasteiger charge is 2.23. The molecule has 0 aliphatic carbocycles. The molecule has 0 aromatic heterocycles. The van der Waals surface area contributed by atoms with Crippen LogP contribution in [-0.2, 0) is 0 Å². The molecule has 0 spiro atoms. The van der Waals surface area contributed by atoms with Gasteiger partial charge in [0.15, 0.2) is 0 Å². The minimum atomic E-state index is 0.424. The van der Waals surface area contributed by atoms with Crippen LogP contribution in [0.5, 0.6) is 11.5 Å². The van der Waals surface area contributed by atoms with Crippen molar-refractivity contribution >= 4 is 15.9 Å². The van der Waals surface area contributed by atoms with Crippen LogP contribution in [-0.4, -0.2) is 45.3 Å². The molecular formula is C16H25BrN2O2. The highest BCUT2D eigenvalue weighted by molar-refractivity contribution is 9.10. The number of methoxy groups -OCH3 is 2. The number of halogens is 1. The van der Waals surface area contributed by atoms with E-state index in [0.29, 0.717) is 6.04 Å². The van der Waals surface area contributed by atoms with Crippen LogP contribution >= 0.6 is 15.9 Å². The van der Waals surface area contributed by atoms with Crippen LogP contribution in [0, 0.1) is 0 Å². The molecule has 2 rings (SSSR count). The summed E-state index contributed by atoms with van der Waals surface area (Å²) in [6.45, 7) is 6.54. The van der Waals surface area contributed by atoms with Gasteiger partial charge in [0, 0.05) is 32.2 Å². The summed E-state index contributed by atoms with van der Waals surface area (Å²) in [6.07, 6.45) is 2.31. The normalized spacial score (nSPS) is 17.5. The number of nitrogens with one attached hydrogen (secondary N) is 1. The molecule has 0 saturated carbocycles. The second-order valence-corrected chi connectivity index (χ2v) is 6.12. The van der Waals surface area contributed by atoms with Gasteiger partial charge < -0.3 is 14.8 Å². The van der Waals surface area contributed by atoms with Gasteiger partial charge in [-0.05, 0) is 40.0 Å². The summed E-state index contributed by atoms with van der Waals surface area (Å²) in [5.74, 6) is 1.67. The van der Waals surface area contributed by atoms with Crippen molar-refractivity contribution in [2.45, 2.75) is 25.8 Å². The molecule has 1 aliphatic rings. The molecule has 21 heavy (non-hydrogen) atoms. The largest absolute Gasteiger partial charge is 0.495 e. The molecule has 1 aromatic rings. The Morgan fingerprint density at radius 1 is 1.19 bits per heavy atom. The summed E-state index contributed by atoms with van der Waals surface area (Å²) in [6, 6.07) is 4.69. The molecule has 0 radical (unpaired) electrons. The minimum Gasteiger partial charge on any atom is -0.495 e. The molecule has 1 aliphatic heterocycles. The monoisotopic (exact) mass is 356 g/mol. The molecule has 4 nitrogen and oxygen atoms in total. The lowest BCUT2D eigenvalue weighted by atomic mass is 9.99. The van der Waals surface area contributed by atoms with Crippen molar-refractivity contribution in [1.82, 2.24) is 10.2 Å². The topological polar surface area (TPSA) is 33.7 Å². The Balaban J connectivity index is 2.34. The van der Waals surface area contributed by atoms with E-state index < -0.39 is 0 Å². The molecule has 118 valence electrons. The molecule has 1 atom stereocenters. The second kappa shape index (κ2) is 8.01. The molecule has 1 heterocycles. The Hall–Kier alpha value is -0.780. The van der Waals surface area contributed by atoms with Crippen molar-refractivity contribution in [1.29, 1.82) is 0 Å². The maximum atomic E-state index is 5.49. The molecule has 1 N–H and O–H groups in total. The summed E-state index contributed by atoms with van der Waals surface area (Å²) < 4.78 is 11.9. The first-order valence-corrected chi connectivity index (χ1v) is 8.36. The Morgan fingerprint density at radius 3 is 2.24 bits per heavy atom. The van der Waals surface area contributed by atoms with Crippen molar-refractivity contribution in [3.05, 3.63) is 22.2 Å². The molecule has 1 fully saturated rings. The Kier molecular flexibility index (Phi) is 6.33. The number of hydrogen-bond acceptors (Lipinski definition) is 4. The number of rotatable bonds is 6. The van der Waals surface area contributed by atoms with E-state index in [-0.39, 0.29) is 0 Å². The fourth-order valence-electron chi connectivity index (χ4n) is 2.91. The lowest BCUT2D eigenvalue weighted by molar-refractivity contribution is 0.164. The van der Waals surface area contributed by atoms with Crippen molar-refractivity contribution in [3.8, 4) is 11.5 Å². The lowest BCUT2D eigenvalue weighted by Crippen LogP contribution is -2.45. The highest BCUT2D eigenvalue weighted by Crippen LogP contribution is 2.39. The van der Waals surface area contributed by atoms with Gasteiger partial charge in [-0.15, -0.1) is 0 Å². The van der Waals surface area contributed by atoms with E-state index >= 15 is 0 Å².